The van der Waals surface area contributed by atoms with Crippen molar-refractivity contribution in [3.05, 3.63) is 103 Å². The Labute approximate surface area is 294 Å². The van der Waals surface area contributed by atoms with Gasteiger partial charge in [-0.1, -0.05) is 25.1 Å². The van der Waals surface area contributed by atoms with E-state index in [0.29, 0.717) is 77.1 Å². The maximum Gasteiger partial charge on any atom is 0.320 e. The minimum absolute atomic E-state index is 0.0207. The molecule has 1 aliphatic rings. The van der Waals surface area contributed by atoms with Gasteiger partial charge in [0.05, 0.1) is 17.1 Å². The summed E-state index contributed by atoms with van der Waals surface area (Å²) in [6, 6.07) is 12.3. The van der Waals surface area contributed by atoms with E-state index in [1.807, 2.05) is 21.6 Å². The molecule has 0 radical (unpaired) electrons. The third kappa shape index (κ3) is 11.3. The molecule has 3 aromatic rings. The van der Waals surface area contributed by atoms with Gasteiger partial charge >= 0.3 is 5.97 Å². The van der Waals surface area contributed by atoms with Crippen molar-refractivity contribution >= 4 is 11.9 Å². The molecule has 1 saturated heterocycles. The summed E-state index contributed by atoms with van der Waals surface area (Å²) in [5.74, 6) is -1.31. The number of aromatic nitrogens is 3. The second-order valence-corrected chi connectivity index (χ2v) is 12.6. The number of hydrogen-bond acceptors (Lipinski definition) is 12. The summed E-state index contributed by atoms with van der Waals surface area (Å²) in [4.78, 5) is 69.6. The van der Waals surface area contributed by atoms with Crippen molar-refractivity contribution in [2.75, 3.05) is 58.9 Å². The highest BCUT2D eigenvalue weighted by Gasteiger charge is 2.28. The Hall–Kier alpha value is -4.97. The Kier molecular flexibility index (Phi) is 14.4. The topological polar surface area (TPSA) is 206 Å². The number of nitrogens with one attached hydrogen (secondary N) is 1. The van der Waals surface area contributed by atoms with Crippen LogP contribution in [-0.4, -0.2) is 131 Å². The largest absolute Gasteiger partial charge is 0.480 e. The van der Waals surface area contributed by atoms with Crippen LogP contribution in [0.5, 0.6) is 0 Å². The second-order valence-electron chi connectivity index (χ2n) is 12.6. The quantitative estimate of drug-likeness (QED) is 0.145. The first-order valence-electron chi connectivity index (χ1n) is 17.1. The van der Waals surface area contributed by atoms with Crippen LogP contribution < -0.4 is 22.0 Å². The third-order valence-corrected chi connectivity index (χ3v) is 9.00. The first-order chi connectivity index (χ1) is 24.5. The lowest BCUT2D eigenvalue weighted by Gasteiger charge is -2.36. The van der Waals surface area contributed by atoms with E-state index in [4.69, 9.17) is 0 Å². The van der Waals surface area contributed by atoms with Crippen molar-refractivity contribution in [2.24, 2.45) is 0 Å². The maximum atomic E-state index is 12.7. The Balaban J connectivity index is 1.66. The van der Waals surface area contributed by atoms with Gasteiger partial charge in [-0.15, -0.1) is 0 Å². The second kappa shape index (κ2) is 18.9. The summed E-state index contributed by atoms with van der Waals surface area (Å²) in [6.45, 7) is 5.73. The minimum Gasteiger partial charge on any atom is -0.480 e. The van der Waals surface area contributed by atoms with Crippen LogP contribution in [0.3, 0.4) is 0 Å². The third-order valence-electron chi connectivity index (χ3n) is 9.00. The number of carbonyl (C=O) groups is 2. The van der Waals surface area contributed by atoms with E-state index in [9.17, 15) is 44.7 Å². The fourth-order valence-corrected chi connectivity index (χ4v) is 6.04. The van der Waals surface area contributed by atoms with Crippen molar-refractivity contribution < 1.29 is 30.3 Å². The van der Waals surface area contributed by atoms with Crippen LogP contribution in [0.15, 0.2) is 69.0 Å². The smallest absolute Gasteiger partial charge is 0.320 e. The molecule has 0 aromatic carbocycles. The molecule has 0 spiro atoms. The van der Waals surface area contributed by atoms with Crippen molar-refractivity contribution in [2.45, 2.75) is 51.9 Å². The summed E-state index contributed by atoms with van der Waals surface area (Å²) in [5.41, 5.74) is -0.706. The van der Waals surface area contributed by atoms with E-state index >= 15 is 0 Å². The molecule has 4 rings (SSSR count). The lowest BCUT2D eigenvalue weighted by atomic mass is 10.1. The van der Waals surface area contributed by atoms with Crippen LogP contribution in [0, 0.1) is 0 Å². The fraction of sp³-hybridized carbons (Fsp3) is 0.500. The molecule has 51 heavy (non-hydrogen) atoms. The molecule has 0 bridgehead atoms. The Morgan fingerprint density at radius 1 is 0.647 bits per heavy atom. The normalized spacial score (nSPS) is 16.6. The van der Waals surface area contributed by atoms with Crippen LogP contribution in [0.4, 0.5) is 0 Å². The number of amides is 1. The van der Waals surface area contributed by atoms with Gasteiger partial charge < -0.3 is 26.0 Å². The summed E-state index contributed by atoms with van der Waals surface area (Å²) < 4.78 is 1.76. The number of hydrogen-bond donors (Lipinski definition) is 5. The summed E-state index contributed by atoms with van der Waals surface area (Å²) >= 11 is 0. The van der Waals surface area contributed by atoms with E-state index in [0.717, 1.165) is 6.42 Å². The molecule has 1 unspecified atom stereocenters. The summed E-state index contributed by atoms with van der Waals surface area (Å²) in [6.07, 6.45) is 0.843. The van der Waals surface area contributed by atoms with Gasteiger partial charge in [0.1, 0.15) is 6.04 Å². The molecular formula is C34H48N8O9. The van der Waals surface area contributed by atoms with Gasteiger partial charge in [-0.2, -0.15) is 14.2 Å². The van der Waals surface area contributed by atoms with Crippen molar-refractivity contribution in [1.29, 1.82) is 0 Å². The SMILES string of the molecule is CCCNC(=O)CCC(C(=O)O)N1CCN(Cc2cccc(=O)n2O)CCN(Cc2cccc(=O)n2O)CCN(Cc2cccc(=O)n2O)CC1. The Morgan fingerprint density at radius 3 is 1.37 bits per heavy atom. The summed E-state index contributed by atoms with van der Waals surface area (Å²) in [7, 11) is 0. The molecule has 17 nitrogen and oxygen atoms in total. The number of aliphatic carboxylic acids is 1. The number of rotatable bonds is 13. The number of carboxylic acids is 1. The van der Waals surface area contributed by atoms with Gasteiger partial charge in [0.2, 0.25) is 5.91 Å². The standard InChI is InChI=1S/C34H48N8O9/c1-2-14-35-30(43)13-12-29(34(47)48)39-21-19-37(24-27-7-4-10-32(45)41(27)50)17-15-36(23-26-6-3-9-31(44)40(26)49)16-18-38(20-22-39)25-28-8-5-11-33(46)42(28)51/h3-11,29,49-51H,2,12-25H2,1H3,(H,35,43)(H,47,48). The number of nitrogens with zero attached hydrogens (tertiary/aromatic N) is 7. The van der Waals surface area contributed by atoms with Gasteiger partial charge in [0.25, 0.3) is 16.7 Å². The lowest BCUT2D eigenvalue weighted by Crippen LogP contribution is -2.50. The number of carbonyl (C=O) groups excluding carboxylic acids is 1. The highest BCUT2D eigenvalue weighted by atomic mass is 16.5. The predicted molar refractivity (Wildman–Crippen MR) is 185 cm³/mol. The van der Waals surface area contributed by atoms with E-state index in [-0.39, 0.29) is 51.5 Å². The van der Waals surface area contributed by atoms with Gasteiger partial charge in [0.15, 0.2) is 0 Å². The van der Waals surface area contributed by atoms with E-state index < -0.39 is 28.7 Å². The molecule has 278 valence electrons. The number of pyridine rings is 3. The molecule has 0 saturated carbocycles. The highest BCUT2D eigenvalue weighted by molar-refractivity contribution is 5.78. The zero-order chi connectivity index (χ0) is 36.9. The van der Waals surface area contributed by atoms with Gasteiger partial charge in [-0.25, -0.2) is 0 Å². The Morgan fingerprint density at radius 2 is 1.02 bits per heavy atom. The van der Waals surface area contributed by atoms with E-state index in [2.05, 4.69) is 5.32 Å². The molecule has 4 heterocycles. The first-order valence-corrected chi connectivity index (χ1v) is 17.1. The molecule has 1 fully saturated rings. The molecule has 17 heteroatoms. The van der Waals surface area contributed by atoms with Crippen LogP contribution in [0.1, 0.15) is 43.3 Å². The van der Waals surface area contributed by atoms with Crippen LogP contribution in [-0.2, 0) is 29.2 Å². The van der Waals surface area contributed by atoms with Crippen molar-refractivity contribution in [1.82, 2.24) is 39.1 Å². The lowest BCUT2D eigenvalue weighted by molar-refractivity contribution is -0.144. The zero-order valence-electron chi connectivity index (χ0n) is 28.8. The Bertz CT molecular complexity index is 1710. The molecule has 1 amide bonds. The molecule has 1 aliphatic heterocycles. The summed E-state index contributed by atoms with van der Waals surface area (Å²) in [5, 5.41) is 44.5. The highest BCUT2D eigenvalue weighted by Crippen LogP contribution is 2.14. The van der Waals surface area contributed by atoms with Gasteiger partial charge in [0, 0.05) is 103 Å². The van der Waals surface area contributed by atoms with E-state index in [1.54, 1.807) is 41.3 Å². The molecule has 1 atom stereocenters. The predicted octanol–water partition coefficient (Wildman–Crippen LogP) is -0.235. The van der Waals surface area contributed by atoms with Crippen molar-refractivity contribution in [3.63, 3.8) is 0 Å². The molecular weight excluding hydrogens is 664 g/mol. The zero-order valence-corrected chi connectivity index (χ0v) is 28.8. The van der Waals surface area contributed by atoms with Crippen molar-refractivity contribution in [3.8, 4) is 0 Å². The van der Waals surface area contributed by atoms with Gasteiger partial charge in [-0.05, 0) is 31.0 Å². The number of carboxylic acid groups (broad SMARTS) is 1. The van der Waals surface area contributed by atoms with Crippen LogP contribution in [0.2, 0.25) is 0 Å². The average molecular weight is 713 g/mol. The average Bonchev–Trinajstić information content (AvgIpc) is 3.10. The van der Waals surface area contributed by atoms with E-state index in [1.165, 1.54) is 18.2 Å². The van der Waals surface area contributed by atoms with Gasteiger partial charge in [-0.3, -0.25) is 43.6 Å². The minimum atomic E-state index is -1.08. The molecule has 5 N–H and O–H groups in total. The van der Waals surface area contributed by atoms with Crippen LogP contribution >= 0.6 is 0 Å². The molecule has 3 aromatic heterocycles. The monoisotopic (exact) mass is 712 g/mol. The first kappa shape index (κ1) is 38.8. The van der Waals surface area contributed by atoms with Crippen LogP contribution in [0.25, 0.3) is 0 Å². The maximum absolute atomic E-state index is 12.7. The fourth-order valence-electron chi connectivity index (χ4n) is 6.04. The molecule has 0 aliphatic carbocycles.